The Labute approximate surface area is 89.0 Å². The van der Waals surface area contributed by atoms with E-state index in [1.54, 1.807) is 20.1 Å². The second-order valence-electron chi connectivity index (χ2n) is 3.30. The van der Waals surface area contributed by atoms with E-state index in [0.29, 0.717) is 22.6 Å². The van der Waals surface area contributed by atoms with Gasteiger partial charge in [-0.05, 0) is 25.5 Å². The van der Waals surface area contributed by atoms with Gasteiger partial charge < -0.3 is 15.2 Å². The lowest BCUT2D eigenvalue weighted by Crippen LogP contribution is -2.10. The van der Waals surface area contributed by atoms with Crippen LogP contribution in [0.15, 0.2) is 6.07 Å². The van der Waals surface area contributed by atoms with Crippen LogP contribution in [0.5, 0.6) is 5.75 Å². The van der Waals surface area contributed by atoms with Crippen LogP contribution in [0.25, 0.3) is 0 Å². The van der Waals surface area contributed by atoms with E-state index in [1.807, 2.05) is 6.92 Å². The van der Waals surface area contributed by atoms with Crippen LogP contribution >= 0.6 is 0 Å². The Bertz CT molecular complexity index is 399. The number of nitrogen functional groups attached to an aromatic ring is 1. The summed E-state index contributed by atoms with van der Waals surface area (Å²) in [5.74, 6) is 0.203. The smallest absolute Gasteiger partial charge is 0.340 e. The number of methoxy groups -OCH3 is 2. The maximum atomic E-state index is 11.5. The zero-order valence-corrected chi connectivity index (χ0v) is 9.38. The summed E-state index contributed by atoms with van der Waals surface area (Å²) in [7, 11) is 2.88. The topological polar surface area (TPSA) is 61.5 Å². The van der Waals surface area contributed by atoms with Gasteiger partial charge >= 0.3 is 5.97 Å². The van der Waals surface area contributed by atoms with Crippen LogP contribution in [0.2, 0.25) is 0 Å². The maximum Gasteiger partial charge on any atom is 0.340 e. The molecule has 0 aliphatic rings. The van der Waals surface area contributed by atoms with Crippen LogP contribution in [-0.4, -0.2) is 20.2 Å². The van der Waals surface area contributed by atoms with Gasteiger partial charge in [0.15, 0.2) is 0 Å². The number of rotatable bonds is 2. The molecule has 0 aliphatic carbocycles. The highest BCUT2D eigenvalue weighted by molar-refractivity contribution is 5.98. The van der Waals surface area contributed by atoms with Crippen molar-refractivity contribution in [3.63, 3.8) is 0 Å². The number of nitrogens with two attached hydrogens (primary N) is 1. The monoisotopic (exact) mass is 209 g/mol. The predicted octanol–water partition coefficient (Wildman–Crippen LogP) is 1.68. The average molecular weight is 209 g/mol. The highest BCUT2D eigenvalue weighted by Crippen LogP contribution is 2.30. The van der Waals surface area contributed by atoms with Gasteiger partial charge in [-0.3, -0.25) is 0 Å². The van der Waals surface area contributed by atoms with Crippen molar-refractivity contribution >= 4 is 11.7 Å². The van der Waals surface area contributed by atoms with Gasteiger partial charge in [0.25, 0.3) is 0 Å². The third kappa shape index (κ3) is 1.88. The summed E-state index contributed by atoms with van der Waals surface area (Å²) >= 11 is 0. The summed E-state index contributed by atoms with van der Waals surface area (Å²) in [4.78, 5) is 11.5. The lowest BCUT2D eigenvalue weighted by molar-refractivity contribution is 0.0600. The fraction of sp³-hybridized carbons (Fsp3) is 0.364. The van der Waals surface area contributed by atoms with Gasteiger partial charge in [-0.15, -0.1) is 0 Å². The van der Waals surface area contributed by atoms with Crippen molar-refractivity contribution in [2.24, 2.45) is 0 Å². The molecule has 1 rings (SSSR count). The summed E-state index contributed by atoms with van der Waals surface area (Å²) in [6.45, 7) is 3.60. The lowest BCUT2D eigenvalue weighted by Gasteiger charge is -2.13. The summed E-state index contributed by atoms with van der Waals surface area (Å²) in [6.07, 6.45) is 0. The minimum atomic E-state index is -0.438. The SMILES string of the molecule is COC(=O)c1c(C)c(OC)cc(C)c1N. The molecule has 0 heterocycles. The number of anilines is 1. The first kappa shape index (κ1) is 11.4. The Balaban J connectivity index is 3.47. The minimum absolute atomic E-state index is 0.384. The second-order valence-corrected chi connectivity index (χ2v) is 3.30. The Morgan fingerprint density at radius 3 is 2.40 bits per heavy atom. The van der Waals surface area contributed by atoms with Gasteiger partial charge in [0.2, 0.25) is 0 Å². The fourth-order valence-electron chi connectivity index (χ4n) is 1.48. The van der Waals surface area contributed by atoms with E-state index >= 15 is 0 Å². The van der Waals surface area contributed by atoms with E-state index in [1.165, 1.54) is 7.11 Å². The molecule has 0 saturated carbocycles. The van der Waals surface area contributed by atoms with Gasteiger partial charge in [0, 0.05) is 11.3 Å². The maximum absolute atomic E-state index is 11.5. The van der Waals surface area contributed by atoms with Gasteiger partial charge in [-0.25, -0.2) is 4.79 Å². The molecule has 4 nitrogen and oxygen atoms in total. The molecule has 82 valence electrons. The van der Waals surface area contributed by atoms with E-state index in [2.05, 4.69) is 4.74 Å². The fourth-order valence-corrected chi connectivity index (χ4v) is 1.48. The van der Waals surface area contributed by atoms with Crippen LogP contribution in [0.3, 0.4) is 0 Å². The normalized spacial score (nSPS) is 9.87. The molecule has 15 heavy (non-hydrogen) atoms. The molecule has 0 aliphatic heterocycles. The highest BCUT2D eigenvalue weighted by Gasteiger charge is 2.18. The van der Waals surface area contributed by atoms with Crippen molar-refractivity contribution in [3.8, 4) is 5.75 Å². The van der Waals surface area contributed by atoms with Crippen LogP contribution in [-0.2, 0) is 4.74 Å². The first-order chi connectivity index (χ1) is 7.02. The molecule has 1 aromatic rings. The third-order valence-corrected chi connectivity index (χ3v) is 2.40. The van der Waals surface area contributed by atoms with E-state index in [-0.39, 0.29) is 0 Å². The molecule has 4 heteroatoms. The van der Waals surface area contributed by atoms with Crippen molar-refractivity contribution in [2.45, 2.75) is 13.8 Å². The second kappa shape index (κ2) is 4.21. The van der Waals surface area contributed by atoms with Gasteiger partial charge in [0.05, 0.1) is 19.8 Å². The molecule has 0 atom stereocenters. The van der Waals surface area contributed by atoms with E-state index < -0.39 is 5.97 Å². The number of esters is 1. The molecule has 2 N–H and O–H groups in total. The average Bonchev–Trinajstić information content (AvgIpc) is 2.23. The largest absolute Gasteiger partial charge is 0.496 e. The van der Waals surface area contributed by atoms with Crippen molar-refractivity contribution in [1.82, 2.24) is 0 Å². The molecule has 1 aromatic carbocycles. The lowest BCUT2D eigenvalue weighted by atomic mass is 10.0. The number of carbonyl (C=O) groups excluding carboxylic acids is 1. The van der Waals surface area contributed by atoms with E-state index in [9.17, 15) is 4.79 Å². The van der Waals surface area contributed by atoms with Gasteiger partial charge in [-0.1, -0.05) is 0 Å². The number of carbonyl (C=O) groups is 1. The number of hydrogen-bond acceptors (Lipinski definition) is 4. The predicted molar refractivity (Wildman–Crippen MR) is 58.2 cm³/mol. The Kier molecular flexibility index (Phi) is 3.19. The molecule has 0 unspecified atom stereocenters. The molecule has 0 fully saturated rings. The molecular formula is C11H15NO3. The molecular weight excluding hydrogens is 194 g/mol. The van der Waals surface area contributed by atoms with Crippen molar-refractivity contribution in [1.29, 1.82) is 0 Å². The zero-order valence-electron chi connectivity index (χ0n) is 9.38. The quantitative estimate of drug-likeness (QED) is 0.594. The Morgan fingerprint density at radius 1 is 1.33 bits per heavy atom. The van der Waals surface area contributed by atoms with Gasteiger partial charge in [0.1, 0.15) is 5.75 Å². The molecule has 0 bridgehead atoms. The number of ether oxygens (including phenoxy) is 2. The van der Waals surface area contributed by atoms with E-state index in [0.717, 1.165) is 5.56 Å². The Morgan fingerprint density at radius 2 is 1.93 bits per heavy atom. The summed E-state index contributed by atoms with van der Waals surface area (Å²) in [5, 5.41) is 0. The van der Waals surface area contributed by atoms with Gasteiger partial charge in [-0.2, -0.15) is 0 Å². The number of hydrogen-bond donors (Lipinski definition) is 1. The first-order valence-corrected chi connectivity index (χ1v) is 4.54. The molecule has 0 amide bonds. The van der Waals surface area contributed by atoms with Crippen molar-refractivity contribution < 1.29 is 14.3 Å². The standard InChI is InChI=1S/C11H15NO3/c1-6-5-8(14-3)7(2)9(10(6)12)11(13)15-4/h5H,12H2,1-4H3. The third-order valence-electron chi connectivity index (χ3n) is 2.40. The van der Waals surface area contributed by atoms with Crippen molar-refractivity contribution in [3.05, 3.63) is 22.8 Å². The van der Waals surface area contributed by atoms with E-state index in [4.69, 9.17) is 10.5 Å². The van der Waals surface area contributed by atoms with Crippen LogP contribution in [0.1, 0.15) is 21.5 Å². The number of benzene rings is 1. The molecule has 0 radical (unpaired) electrons. The van der Waals surface area contributed by atoms with Crippen LogP contribution in [0, 0.1) is 13.8 Å². The minimum Gasteiger partial charge on any atom is -0.496 e. The van der Waals surface area contributed by atoms with Crippen molar-refractivity contribution in [2.75, 3.05) is 20.0 Å². The van der Waals surface area contributed by atoms with Crippen LogP contribution in [0.4, 0.5) is 5.69 Å². The molecule has 0 spiro atoms. The molecule has 0 saturated heterocycles. The molecule has 0 aromatic heterocycles. The number of aryl methyl sites for hydroxylation is 1. The summed E-state index contributed by atoms with van der Waals surface area (Å²) in [6, 6.07) is 1.80. The summed E-state index contributed by atoms with van der Waals surface area (Å²) < 4.78 is 9.83. The Hall–Kier alpha value is -1.71. The first-order valence-electron chi connectivity index (χ1n) is 4.54. The van der Waals surface area contributed by atoms with Crippen LogP contribution < -0.4 is 10.5 Å². The highest BCUT2D eigenvalue weighted by atomic mass is 16.5. The zero-order chi connectivity index (χ0) is 11.6. The summed E-state index contributed by atoms with van der Waals surface area (Å²) in [5.41, 5.74) is 8.16.